The molecule has 0 bridgehead atoms. The monoisotopic (exact) mass is 176 g/mol. The average Bonchev–Trinajstić information content (AvgIpc) is 1.83. The molecule has 0 spiro atoms. The topological polar surface area (TPSA) is 9.23 Å². The lowest BCUT2D eigenvalue weighted by molar-refractivity contribution is 0.119. The molecule has 0 radical (unpaired) electrons. The highest BCUT2D eigenvalue weighted by Crippen LogP contribution is 1.88. The number of ether oxygens (including phenoxy) is 1. The molecule has 1 atom stereocenters. The van der Waals surface area contributed by atoms with Gasteiger partial charge in [0.25, 0.3) is 0 Å². The quantitative estimate of drug-likeness (QED) is 0.467. The molecule has 46 valence electrons. The van der Waals surface area contributed by atoms with Gasteiger partial charge < -0.3 is 4.74 Å². The third kappa shape index (κ3) is 4.17. The number of alkyl halides is 1. The third-order valence-electron chi connectivity index (χ3n) is 0.680. The Morgan fingerprint density at radius 1 is 1.88 bits per heavy atom. The smallest absolute Gasteiger partial charge is 0.115 e. The summed E-state index contributed by atoms with van der Waals surface area (Å²) in [7, 11) is 0. The van der Waals surface area contributed by atoms with Crippen molar-refractivity contribution in [3.63, 3.8) is 0 Å². The summed E-state index contributed by atoms with van der Waals surface area (Å²) in [5, 5.41) is 0.846. The molecule has 0 aliphatic heterocycles. The summed E-state index contributed by atoms with van der Waals surface area (Å²) in [6.07, 6.45) is 4.97. The van der Waals surface area contributed by atoms with Crippen LogP contribution in [0.15, 0.2) is 0 Å². The fourth-order valence-electron chi connectivity index (χ4n) is 0.269. The Labute approximate surface area is 58.5 Å². The van der Waals surface area contributed by atoms with Crippen molar-refractivity contribution in [3.8, 4) is 12.3 Å². The first-order valence-corrected chi connectivity index (χ1v) is 3.57. The van der Waals surface area contributed by atoms with Gasteiger partial charge in [-0.15, -0.1) is 6.42 Å². The molecule has 0 heterocycles. The molecule has 2 heteroatoms. The molecule has 0 fully saturated rings. The van der Waals surface area contributed by atoms with Gasteiger partial charge in [0.05, 0.1) is 6.61 Å². The molecule has 0 saturated heterocycles. The first-order chi connectivity index (χ1) is 3.81. The number of hydrogen-bond donors (Lipinski definition) is 0. The zero-order valence-corrected chi connectivity index (χ0v) is 6.44. The fourth-order valence-corrected chi connectivity index (χ4v) is 0.456. The minimum absolute atomic E-state index is 0.0486. The highest BCUT2D eigenvalue weighted by atomic mass is 79.9. The largest absolute Gasteiger partial charge is 0.365 e. The average molecular weight is 177 g/mol. The van der Waals surface area contributed by atoms with Gasteiger partial charge in [0, 0.05) is 5.33 Å². The van der Waals surface area contributed by atoms with E-state index < -0.39 is 0 Å². The second-order valence-electron chi connectivity index (χ2n) is 1.37. The lowest BCUT2D eigenvalue weighted by Gasteiger charge is -2.01. The number of halogens is 1. The minimum Gasteiger partial charge on any atom is -0.365 e. The van der Waals surface area contributed by atoms with Crippen LogP contribution in [-0.4, -0.2) is 18.0 Å². The van der Waals surface area contributed by atoms with Crippen molar-refractivity contribution >= 4 is 15.9 Å². The van der Waals surface area contributed by atoms with E-state index in [9.17, 15) is 0 Å². The highest BCUT2D eigenvalue weighted by Gasteiger charge is 1.91. The third-order valence-corrected chi connectivity index (χ3v) is 1.00. The fraction of sp³-hybridized carbons (Fsp3) is 0.667. The second kappa shape index (κ2) is 5.14. The standard InChI is InChI=1S/C6H9BrO/c1-3-6(2)8-5-4-7/h1,6H,4-5H2,2H3. The molecule has 0 aliphatic rings. The van der Waals surface area contributed by atoms with Crippen molar-refractivity contribution < 1.29 is 4.74 Å². The summed E-state index contributed by atoms with van der Waals surface area (Å²) >= 11 is 3.21. The van der Waals surface area contributed by atoms with Crippen molar-refractivity contribution in [2.75, 3.05) is 11.9 Å². The maximum atomic E-state index is 5.06. The van der Waals surface area contributed by atoms with E-state index in [2.05, 4.69) is 21.9 Å². The zero-order chi connectivity index (χ0) is 6.41. The van der Waals surface area contributed by atoms with Gasteiger partial charge in [-0.25, -0.2) is 0 Å². The SMILES string of the molecule is C#CC(C)OCCBr. The summed E-state index contributed by atoms with van der Waals surface area (Å²) in [5.41, 5.74) is 0. The van der Waals surface area contributed by atoms with Crippen LogP contribution >= 0.6 is 15.9 Å². The first-order valence-electron chi connectivity index (χ1n) is 2.45. The Hall–Kier alpha value is 0. The summed E-state index contributed by atoms with van der Waals surface area (Å²) in [5.74, 6) is 2.46. The molecule has 0 aromatic carbocycles. The van der Waals surface area contributed by atoms with Crippen LogP contribution < -0.4 is 0 Å². The van der Waals surface area contributed by atoms with Crippen molar-refractivity contribution in [1.82, 2.24) is 0 Å². The van der Waals surface area contributed by atoms with Crippen molar-refractivity contribution in [1.29, 1.82) is 0 Å². The molecule has 1 nitrogen and oxygen atoms in total. The number of rotatable bonds is 3. The predicted octanol–water partition coefficient (Wildman–Crippen LogP) is 1.42. The van der Waals surface area contributed by atoms with Crippen molar-refractivity contribution in [2.45, 2.75) is 13.0 Å². The number of hydrogen-bond acceptors (Lipinski definition) is 1. The molecule has 0 amide bonds. The Morgan fingerprint density at radius 2 is 2.50 bits per heavy atom. The van der Waals surface area contributed by atoms with Gasteiger partial charge in [-0.05, 0) is 6.92 Å². The van der Waals surface area contributed by atoms with Crippen LogP contribution in [0.25, 0.3) is 0 Å². The zero-order valence-electron chi connectivity index (χ0n) is 4.86. The summed E-state index contributed by atoms with van der Waals surface area (Å²) in [6, 6.07) is 0. The molecule has 1 unspecified atom stereocenters. The summed E-state index contributed by atoms with van der Waals surface area (Å²) in [6.45, 7) is 2.54. The molecule has 8 heavy (non-hydrogen) atoms. The van der Waals surface area contributed by atoms with Crippen LogP contribution in [0.3, 0.4) is 0 Å². The molecule has 0 saturated carbocycles. The minimum atomic E-state index is -0.0486. The van der Waals surface area contributed by atoms with E-state index >= 15 is 0 Å². The Bertz CT molecular complexity index is 85.0. The maximum Gasteiger partial charge on any atom is 0.115 e. The molecule has 0 rings (SSSR count). The van der Waals surface area contributed by atoms with Gasteiger partial charge in [-0.1, -0.05) is 21.9 Å². The Balaban J connectivity index is 3.02. The van der Waals surface area contributed by atoms with Crippen molar-refractivity contribution in [3.05, 3.63) is 0 Å². The predicted molar refractivity (Wildman–Crippen MR) is 38.0 cm³/mol. The lowest BCUT2D eigenvalue weighted by atomic mass is 10.4. The molecular formula is C6H9BrO. The van der Waals surface area contributed by atoms with E-state index in [0.717, 1.165) is 5.33 Å². The normalized spacial score (nSPS) is 12.6. The molecule has 0 aromatic heterocycles. The maximum absolute atomic E-state index is 5.06. The first kappa shape index (κ1) is 8.00. The van der Waals surface area contributed by atoms with Crippen LogP contribution in [0.5, 0.6) is 0 Å². The van der Waals surface area contributed by atoms with E-state index in [1.807, 2.05) is 6.92 Å². The Morgan fingerprint density at radius 3 is 2.88 bits per heavy atom. The summed E-state index contributed by atoms with van der Waals surface area (Å²) < 4.78 is 5.06. The van der Waals surface area contributed by atoms with Crippen LogP contribution in [0.2, 0.25) is 0 Å². The van der Waals surface area contributed by atoms with Crippen LogP contribution in [0.4, 0.5) is 0 Å². The van der Waals surface area contributed by atoms with E-state index in [4.69, 9.17) is 11.2 Å². The number of terminal acetylenes is 1. The van der Waals surface area contributed by atoms with E-state index in [0.29, 0.717) is 6.61 Å². The van der Waals surface area contributed by atoms with Gasteiger partial charge >= 0.3 is 0 Å². The highest BCUT2D eigenvalue weighted by molar-refractivity contribution is 9.09. The van der Waals surface area contributed by atoms with Crippen LogP contribution in [-0.2, 0) is 4.74 Å². The Kier molecular flexibility index (Phi) is 5.14. The van der Waals surface area contributed by atoms with Crippen LogP contribution in [0, 0.1) is 12.3 Å². The summed E-state index contributed by atoms with van der Waals surface area (Å²) in [4.78, 5) is 0. The van der Waals surface area contributed by atoms with Gasteiger partial charge in [0.2, 0.25) is 0 Å². The molecular weight excluding hydrogens is 168 g/mol. The van der Waals surface area contributed by atoms with Crippen molar-refractivity contribution in [2.24, 2.45) is 0 Å². The van der Waals surface area contributed by atoms with Gasteiger partial charge in [0.15, 0.2) is 0 Å². The van der Waals surface area contributed by atoms with Gasteiger partial charge in [-0.2, -0.15) is 0 Å². The van der Waals surface area contributed by atoms with Crippen LogP contribution in [0.1, 0.15) is 6.92 Å². The molecule has 0 aromatic rings. The van der Waals surface area contributed by atoms with E-state index in [-0.39, 0.29) is 6.10 Å². The second-order valence-corrected chi connectivity index (χ2v) is 2.16. The molecule has 0 N–H and O–H groups in total. The van der Waals surface area contributed by atoms with Gasteiger partial charge in [0.1, 0.15) is 6.10 Å². The lowest BCUT2D eigenvalue weighted by Crippen LogP contribution is -2.06. The molecule has 0 aliphatic carbocycles. The van der Waals surface area contributed by atoms with Gasteiger partial charge in [-0.3, -0.25) is 0 Å². The van der Waals surface area contributed by atoms with E-state index in [1.165, 1.54) is 0 Å². The van der Waals surface area contributed by atoms with E-state index in [1.54, 1.807) is 0 Å².